The first-order valence-electron chi connectivity index (χ1n) is 17.0. The number of benzene rings is 3. The molecule has 266 valence electrons. The van der Waals surface area contributed by atoms with Gasteiger partial charge in [-0.15, -0.1) is 0 Å². The van der Waals surface area contributed by atoms with E-state index in [2.05, 4.69) is 45.0 Å². The molecule has 2 aliphatic heterocycles. The van der Waals surface area contributed by atoms with Crippen molar-refractivity contribution < 1.29 is 22.7 Å². The topological polar surface area (TPSA) is 105 Å². The number of methoxy groups -OCH3 is 1. The third-order valence-corrected chi connectivity index (χ3v) is 10.9. The molecule has 4 aromatic rings. The molecule has 2 aliphatic rings. The summed E-state index contributed by atoms with van der Waals surface area (Å²) in [7, 11) is 2.19. The fourth-order valence-corrected chi connectivity index (χ4v) is 7.58. The molecule has 0 saturated carbocycles. The number of fused-ring (bicyclic) bond motifs is 2. The fraction of sp³-hybridized carbons (Fsp3) is 0.395. The van der Waals surface area contributed by atoms with E-state index in [1.54, 1.807) is 6.08 Å². The van der Waals surface area contributed by atoms with Crippen molar-refractivity contribution in [3.8, 4) is 6.01 Å². The van der Waals surface area contributed by atoms with E-state index in [0.717, 1.165) is 45.6 Å². The highest BCUT2D eigenvalue weighted by Crippen LogP contribution is 2.36. The molecule has 0 amide bonds. The summed E-state index contributed by atoms with van der Waals surface area (Å²) in [6.45, 7) is 4.23. The van der Waals surface area contributed by atoms with Crippen molar-refractivity contribution in [3.63, 3.8) is 0 Å². The molecular weight excluding hydrogens is 674 g/mol. The Morgan fingerprint density at radius 1 is 0.980 bits per heavy atom. The van der Waals surface area contributed by atoms with Gasteiger partial charge in [0.25, 0.3) is 0 Å². The van der Waals surface area contributed by atoms with E-state index >= 15 is 0 Å². The number of ether oxygens (including phenoxy) is 2. The minimum atomic E-state index is -3.41. The maximum Gasteiger partial charge on any atom is 0.330 e. The second kappa shape index (κ2) is 17.6. The third kappa shape index (κ3) is 10.2. The fourth-order valence-electron chi connectivity index (χ4n) is 6.19. The minimum absolute atomic E-state index is 0.0330. The standard InChI is InChI=1S/C33H35ClN4O5S.C5H11N/c1-37(18-8-21-44(40,41)22-20-43-30(39)16-15-24-9-4-3-5-10-24)32-26-17-19-38(23-28(26)35-33(36-32)42-2)29-14-7-12-25-11-6-13-27(34)31(25)29;1-6-4-2-3-5-6/h3-7,9-16H,8,17-23H2,1-2H3;2-5H2,1H3/b16-15+;. The minimum Gasteiger partial charge on any atom is -0.467 e. The number of halogens is 1. The predicted octanol–water partition coefficient (Wildman–Crippen LogP) is 6.06. The normalized spacial score (nSPS) is 14.7. The van der Waals surface area contributed by atoms with E-state index in [1.165, 1.54) is 39.1 Å². The zero-order valence-electron chi connectivity index (χ0n) is 29.1. The molecule has 3 aromatic carbocycles. The molecule has 3 heterocycles. The van der Waals surface area contributed by atoms with Crippen molar-refractivity contribution >= 4 is 55.8 Å². The number of likely N-dealkylation sites (tertiary alicyclic amines) is 1. The van der Waals surface area contributed by atoms with Gasteiger partial charge in [-0.25, -0.2) is 13.2 Å². The second-order valence-electron chi connectivity index (χ2n) is 12.6. The molecule has 0 aliphatic carbocycles. The monoisotopic (exact) mass is 719 g/mol. The van der Waals surface area contributed by atoms with Crippen LogP contribution in [0.15, 0.2) is 72.8 Å². The molecule has 1 fully saturated rings. The Kier molecular flexibility index (Phi) is 13.1. The zero-order chi connectivity index (χ0) is 35.5. The Morgan fingerprint density at radius 3 is 2.42 bits per heavy atom. The number of aromatic nitrogens is 2. The van der Waals surface area contributed by atoms with Crippen LogP contribution in [0.25, 0.3) is 16.8 Å². The summed E-state index contributed by atoms with van der Waals surface area (Å²) in [5.41, 5.74) is 3.80. The van der Waals surface area contributed by atoms with Gasteiger partial charge in [0.2, 0.25) is 0 Å². The Labute approximate surface area is 300 Å². The number of hydrogen-bond donors (Lipinski definition) is 0. The SMILES string of the molecule is CN1CCCC1.COc1nc2c(c(N(C)CCCS(=O)(=O)CCOC(=O)/C=C/c3ccccc3)n1)CCN(c1cccc3cccc(Cl)c13)C2. The first-order chi connectivity index (χ1) is 24.1. The number of anilines is 2. The second-order valence-corrected chi connectivity index (χ2v) is 15.3. The molecule has 6 rings (SSSR count). The number of carbonyl (C=O) groups excluding carboxylic acids is 1. The Morgan fingerprint density at radius 2 is 1.72 bits per heavy atom. The van der Waals surface area contributed by atoms with Gasteiger partial charge < -0.3 is 24.2 Å². The van der Waals surface area contributed by atoms with Crippen LogP contribution in [-0.2, 0) is 32.3 Å². The smallest absolute Gasteiger partial charge is 0.330 e. The summed E-state index contributed by atoms with van der Waals surface area (Å²) in [4.78, 5) is 27.9. The van der Waals surface area contributed by atoms with Crippen LogP contribution >= 0.6 is 11.6 Å². The van der Waals surface area contributed by atoms with E-state index in [1.807, 2.05) is 60.5 Å². The van der Waals surface area contributed by atoms with E-state index in [4.69, 9.17) is 21.1 Å². The highest BCUT2D eigenvalue weighted by molar-refractivity contribution is 7.91. The van der Waals surface area contributed by atoms with Crippen LogP contribution in [-0.4, -0.2) is 94.8 Å². The van der Waals surface area contributed by atoms with Gasteiger partial charge in [0.15, 0.2) is 9.84 Å². The van der Waals surface area contributed by atoms with Gasteiger partial charge in [-0.2, -0.15) is 9.97 Å². The largest absolute Gasteiger partial charge is 0.467 e. The lowest BCUT2D eigenvalue weighted by Crippen LogP contribution is -2.34. The van der Waals surface area contributed by atoms with E-state index in [9.17, 15) is 13.2 Å². The molecule has 10 nitrogen and oxygen atoms in total. The number of rotatable bonds is 12. The maximum absolute atomic E-state index is 12.6. The summed E-state index contributed by atoms with van der Waals surface area (Å²) in [5, 5.41) is 2.80. The lowest BCUT2D eigenvalue weighted by Gasteiger charge is -2.33. The number of carbonyl (C=O) groups is 1. The van der Waals surface area contributed by atoms with Crippen LogP contribution in [0.4, 0.5) is 11.5 Å². The molecule has 0 N–H and O–H groups in total. The molecule has 50 heavy (non-hydrogen) atoms. The van der Waals surface area contributed by atoms with Crippen molar-refractivity contribution in [1.82, 2.24) is 14.9 Å². The Hall–Kier alpha value is -4.19. The van der Waals surface area contributed by atoms with E-state index < -0.39 is 15.8 Å². The van der Waals surface area contributed by atoms with Crippen LogP contribution in [0.1, 0.15) is 36.1 Å². The van der Waals surface area contributed by atoms with Crippen molar-refractivity contribution in [1.29, 1.82) is 0 Å². The molecule has 0 bridgehead atoms. The van der Waals surface area contributed by atoms with Gasteiger partial charge in [-0.3, -0.25) is 0 Å². The Balaban J connectivity index is 0.000000732. The number of nitrogens with zero attached hydrogens (tertiary/aromatic N) is 5. The van der Waals surface area contributed by atoms with Crippen molar-refractivity contribution in [2.24, 2.45) is 0 Å². The third-order valence-electron chi connectivity index (χ3n) is 8.87. The molecular formula is C38H46ClN5O5S. The number of sulfone groups is 1. The first-order valence-corrected chi connectivity index (χ1v) is 19.2. The van der Waals surface area contributed by atoms with Crippen molar-refractivity contribution in [2.45, 2.75) is 32.2 Å². The van der Waals surface area contributed by atoms with Gasteiger partial charge in [0.1, 0.15) is 12.4 Å². The van der Waals surface area contributed by atoms with Gasteiger partial charge in [0, 0.05) is 42.9 Å². The number of esters is 1. The quantitative estimate of drug-likeness (QED) is 0.127. The van der Waals surface area contributed by atoms with Crippen LogP contribution in [0.2, 0.25) is 5.02 Å². The zero-order valence-corrected chi connectivity index (χ0v) is 30.6. The Bertz CT molecular complexity index is 1880. The van der Waals surface area contributed by atoms with Gasteiger partial charge in [-0.1, -0.05) is 66.2 Å². The highest BCUT2D eigenvalue weighted by Gasteiger charge is 2.26. The summed E-state index contributed by atoms with van der Waals surface area (Å²) < 4.78 is 35.8. The summed E-state index contributed by atoms with van der Waals surface area (Å²) >= 11 is 6.61. The highest BCUT2D eigenvalue weighted by atomic mass is 35.5. The molecule has 0 radical (unpaired) electrons. The number of hydrogen-bond acceptors (Lipinski definition) is 10. The molecule has 12 heteroatoms. The van der Waals surface area contributed by atoms with Crippen LogP contribution in [0.3, 0.4) is 0 Å². The van der Waals surface area contributed by atoms with Crippen LogP contribution in [0, 0.1) is 0 Å². The summed E-state index contributed by atoms with van der Waals surface area (Å²) in [5.74, 6) is -0.103. The summed E-state index contributed by atoms with van der Waals surface area (Å²) in [6, 6.07) is 21.7. The lowest BCUT2D eigenvalue weighted by atomic mass is 10.0. The molecule has 1 aromatic heterocycles. The predicted molar refractivity (Wildman–Crippen MR) is 202 cm³/mol. The van der Waals surface area contributed by atoms with Gasteiger partial charge >= 0.3 is 12.0 Å². The molecule has 0 spiro atoms. The average Bonchev–Trinajstić information content (AvgIpc) is 3.61. The van der Waals surface area contributed by atoms with Crippen LogP contribution < -0.4 is 14.5 Å². The van der Waals surface area contributed by atoms with Crippen molar-refractivity contribution in [3.05, 3.63) is 94.6 Å². The summed E-state index contributed by atoms with van der Waals surface area (Å²) in [6.07, 6.45) is 6.85. The van der Waals surface area contributed by atoms with E-state index in [0.29, 0.717) is 31.0 Å². The first kappa shape index (κ1) is 37.1. The van der Waals surface area contributed by atoms with Gasteiger partial charge in [0.05, 0.1) is 35.9 Å². The molecule has 0 atom stereocenters. The maximum atomic E-state index is 12.6. The van der Waals surface area contributed by atoms with Crippen molar-refractivity contribution in [2.75, 3.05) is 75.3 Å². The average molecular weight is 720 g/mol. The molecule has 1 saturated heterocycles. The van der Waals surface area contributed by atoms with Gasteiger partial charge in [-0.05, 0) is 75.0 Å². The lowest BCUT2D eigenvalue weighted by molar-refractivity contribution is -0.137. The molecule has 0 unspecified atom stereocenters. The van der Waals surface area contributed by atoms with E-state index in [-0.39, 0.29) is 24.1 Å². The van der Waals surface area contributed by atoms with Crippen LogP contribution in [0.5, 0.6) is 6.01 Å².